The molecule has 112 valence electrons. The van der Waals surface area contributed by atoms with Crippen LogP contribution in [0.3, 0.4) is 0 Å². The minimum absolute atomic E-state index is 0.0169. The first kappa shape index (κ1) is 16.7. The average molecular weight is 320 g/mol. The number of nitrogens with zero attached hydrogens (tertiary/aromatic N) is 1. The van der Waals surface area contributed by atoms with Gasteiger partial charge in [-0.1, -0.05) is 31.5 Å². The van der Waals surface area contributed by atoms with Crippen molar-refractivity contribution in [3.05, 3.63) is 23.2 Å². The van der Waals surface area contributed by atoms with Crippen molar-refractivity contribution >= 4 is 33.2 Å². The fourth-order valence-electron chi connectivity index (χ4n) is 1.76. The molecule has 1 aromatic rings. The molecule has 4 N–H and O–H groups in total. The van der Waals surface area contributed by atoms with Crippen molar-refractivity contribution in [1.29, 1.82) is 0 Å². The first-order chi connectivity index (χ1) is 9.16. The van der Waals surface area contributed by atoms with Crippen LogP contribution in [0.2, 0.25) is 5.02 Å². The van der Waals surface area contributed by atoms with E-state index in [4.69, 9.17) is 23.1 Å². The van der Waals surface area contributed by atoms with Crippen molar-refractivity contribution in [3.8, 4) is 0 Å². The molecular formula is C12H18ClN3O3S. The summed E-state index contributed by atoms with van der Waals surface area (Å²) in [6, 6.07) is 4.43. The molecule has 8 heteroatoms. The molecule has 0 aliphatic carbocycles. The van der Waals surface area contributed by atoms with Crippen molar-refractivity contribution in [1.82, 2.24) is 4.31 Å². The number of sulfonamides is 1. The Kier molecular flexibility index (Phi) is 5.38. The van der Waals surface area contributed by atoms with Gasteiger partial charge in [-0.2, -0.15) is 4.31 Å². The lowest BCUT2D eigenvalue weighted by atomic mass is 10.2. The van der Waals surface area contributed by atoms with E-state index < -0.39 is 22.5 Å². The van der Waals surface area contributed by atoms with Gasteiger partial charge in [0.2, 0.25) is 15.9 Å². The van der Waals surface area contributed by atoms with Gasteiger partial charge < -0.3 is 11.5 Å². The van der Waals surface area contributed by atoms with Crippen LogP contribution in [0.5, 0.6) is 0 Å². The highest BCUT2D eigenvalue weighted by Gasteiger charge is 2.30. The predicted molar refractivity (Wildman–Crippen MR) is 78.7 cm³/mol. The lowest BCUT2D eigenvalue weighted by Gasteiger charge is -2.23. The summed E-state index contributed by atoms with van der Waals surface area (Å²) in [6.45, 7) is 3.40. The van der Waals surface area contributed by atoms with Crippen LogP contribution >= 0.6 is 11.6 Å². The van der Waals surface area contributed by atoms with Gasteiger partial charge >= 0.3 is 0 Å². The second-order valence-corrected chi connectivity index (χ2v) is 7.10. The normalized spacial score (nSPS) is 12.1. The molecule has 0 fully saturated rings. The summed E-state index contributed by atoms with van der Waals surface area (Å²) in [7, 11) is -3.98. The Morgan fingerprint density at radius 1 is 1.40 bits per heavy atom. The molecule has 0 aromatic heterocycles. The molecule has 0 saturated carbocycles. The van der Waals surface area contributed by atoms with E-state index in [2.05, 4.69) is 0 Å². The number of halogens is 1. The van der Waals surface area contributed by atoms with E-state index in [-0.39, 0.29) is 28.1 Å². The zero-order chi connectivity index (χ0) is 15.5. The third kappa shape index (κ3) is 3.84. The molecule has 1 rings (SSSR count). The fraction of sp³-hybridized carbons (Fsp3) is 0.417. The number of hydrogen-bond acceptors (Lipinski definition) is 4. The van der Waals surface area contributed by atoms with E-state index in [9.17, 15) is 13.2 Å². The topological polar surface area (TPSA) is 106 Å². The van der Waals surface area contributed by atoms with Crippen LogP contribution in [0.15, 0.2) is 23.1 Å². The molecule has 0 bridgehead atoms. The second kappa shape index (κ2) is 6.43. The third-order valence-electron chi connectivity index (χ3n) is 2.50. The molecule has 0 radical (unpaired) electrons. The SMILES string of the molecule is CC(C)CN(CC(N)=O)S(=O)(=O)c1c(N)cccc1Cl. The number of anilines is 1. The number of carbonyl (C=O) groups excluding carboxylic acids is 1. The van der Waals surface area contributed by atoms with Gasteiger partial charge in [0.1, 0.15) is 4.90 Å². The highest BCUT2D eigenvalue weighted by molar-refractivity contribution is 7.89. The zero-order valence-corrected chi connectivity index (χ0v) is 12.9. The quantitative estimate of drug-likeness (QED) is 0.764. The van der Waals surface area contributed by atoms with E-state index >= 15 is 0 Å². The molecule has 0 aliphatic rings. The number of nitrogens with two attached hydrogens (primary N) is 2. The summed E-state index contributed by atoms with van der Waals surface area (Å²) in [5.41, 5.74) is 10.8. The maximum Gasteiger partial charge on any atom is 0.247 e. The molecule has 1 amide bonds. The summed E-state index contributed by atoms with van der Waals surface area (Å²) >= 11 is 5.93. The Morgan fingerprint density at radius 3 is 2.45 bits per heavy atom. The first-order valence-corrected chi connectivity index (χ1v) is 7.80. The minimum atomic E-state index is -3.98. The smallest absolute Gasteiger partial charge is 0.247 e. The summed E-state index contributed by atoms with van der Waals surface area (Å²) in [4.78, 5) is 10.9. The van der Waals surface area contributed by atoms with Crippen molar-refractivity contribution in [3.63, 3.8) is 0 Å². The Bertz CT molecular complexity index is 582. The molecule has 6 nitrogen and oxygen atoms in total. The van der Waals surface area contributed by atoms with Crippen LogP contribution < -0.4 is 11.5 Å². The lowest BCUT2D eigenvalue weighted by molar-refractivity contribution is -0.118. The van der Waals surface area contributed by atoms with Gasteiger partial charge in [-0.3, -0.25) is 4.79 Å². The third-order valence-corrected chi connectivity index (χ3v) is 4.85. The minimum Gasteiger partial charge on any atom is -0.398 e. The second-order valence-electron chi connectivity index (χ2n) is 4.82. The number of benzene rings is 1. The fourth-order valence-corrected chi connectivity index (χ4v) is 3.96. The highest BCUT2D eigenvalue weighted by Crippen LogP contribution is 2.30. The van der Waals surface area contributed by atoms with Crippen molar-refractivity contribution in [2.45, 2.75) is 18.7 Å². The van der Waals surface area contributed by atoms with Crippen LogP contribution in [-0.4, -0.2) is 31.7 Å². The Hall–Kier alpha value is -1.31. The Balaban J connectivity index is 3.32. The predicted octanol–water partition coefficient (Wildman–Crippen LogP) is 1.05. The molecular weight excluding hydrogens is 302 g/mol. The summed E-state index contributed by atoms with van der Waals surface area (Å²) < 4.78 is 26.2. The zero-order valence-electron chi connectivity index (χ0n) is 11.3. The summed E-state index contributed by atoms with van der Waals surface area (Å²) in [5.74, 6) is -0.715. The Morgan fingerprint density at radius 2 is 2.00 bits per heavy atom. The standard InChI is InChI=1S/C12H18ClN3O3S/c1-8(2)6-16(7-11(15)17)20(18,19)12-9(13)4-3-5-10(12)14/h3-5,8H,6-7,14H2,1-2H3,(H2,15,17). The van der Waals surface area contributed by atoms with Crippen LogP contribution in [-0.2, 0) is 14.8 Å². The van der Waals surface area contributed by atoms with Crippen molar-refractivity contribution in [2.24, 2.45) is 11.7 Å². The number of carbonyl (C=O) groups is 1. The molecule has 1 aromatic carbocycles. The van der Waals surface area contributed by atoms with E-state index in [1.165, 1.54) is 12.1 Å². The van der Waals surface area contributed by atoms with Crippen LogP contribution in [0.4, 0.5) is 5.69 Å². The molecule has 0 unspecified atom stereocenters. The van der Waals surface area contributed by atoms with Gasteiger partial charge in [0.15, 0.2) is 0 Å². The van der Waals surface area contributed by atoms with E-state index in [1.54, 1.807) is 6.07 Å². The average Bonchev–Trinajstić information content (AvgIpc) is 2.26. The van der Waals surface area contributed by atoms with E-state index in [1.807, 2.05) is 13.8 Å². The van der Waals surface area contributed by atoms with E-state index in [0.29, 0.717) is 0 Å². The van der Waals surface area contributed by atoms with Crippen molar-refractivity contribution < 1.29 is 13.2 Å². The number of primary amides is 1. The molecule has 0 atom stereocenters. The number of rotatable bonds is 6. The van der Waals surface area contributed by atoms with Crippen molar-refractivity contribution in [2.75, 3.05) is 18.8 Å². The highest BCUT2D eigenvalue weighted by atomic mass is 35.5. The Labute approximate surface area is 123 Å². The van der Waals surface area contributed by atoms with Gasteiger partial charge in [0.05, 0.1) is 17.3 Å². The summed E-state index contributed by atoms with van der Waals surface area (Å²) in [6.07, 6.45) is 0. The monoisotopic (exact) mass is 319 g/mol. The van der Waals surface area contributed by atoms with Gasteiger partial charge in [0, 0.05) is 6.54 Å². The largest absolute Gasteiger partial charge is 0.398 e. The van der Waals surface area contributed by atoms with Crippen LogP contribution in [0.1, 0.15) is 13.8 Å². The van der Waals surface area contributed by atoms with Gasteiger partial charge in [-0.05, 0) is 18.1 Å². The van der Waals surface area contributed by atoms with Gasteiger partial charge in [-0.15, -0.1) is 0 Å². The molecule has 20 heavy (non-hydrogen) atoms. The first-order valence-electron chi connectivity index (χ1n) is 5.98. The number of hydrogen-bond donors (Lipinski definition) is 2. The van der Waals surface area contributed by atoms with E-state index in [0.717, 1.165) is 4.31 Å². The molecule has 0 saturated heterocycles. The maximum absolute atomic E-state index is 12.6. The number of amides is 1. The number of nitrogen functional groups attached to an aromatic ring is 1. The van der Waals surface area contributed by atoms with Gasteiger partial charge in [0.25, 0.3) is 0 Å². The van der Waals surface area contributed by atoms with Crippen LogP contribution in [0, 0.1) is 5.92 Å². The lowest BCUT2D eigenvalue weighted by Crippen LogP contribution is -2.40. The van der Waals surface area contributed by atoms with Crippen LogP contribution in [0.25, 0.3) is 0 Å². The maximum atomic E-state index is 12.6. The molecule has 0 aliphatic heterocycles. The molecule has 0 heterocycles. The summed E-state index contributed by atoms with van der Waals surface area (Å²) in [5, 5.41) is 0.0169. The molecule has 0 spiro atoms. The van der Waals surface area contributed by atoms with Gasteiger partial charge in [-0.25, -0.2) is 8.42 Å².